The first kappa shape index (κ1) is 20.0. The van der Waals surface area contributed by atoms with E-state index in [-0.39, 0.29) is 11.8 Å². The van der Waals surface area contributed by atoms with Crippen LogP contribution in [0.5, 0.6) is 11.5 Å². The lowest BCUT2D eigenvalue weighted by atomic mass is 9.94. The van der Waals surface area contributed by atoms with Crippen LogP contribution in [0, 0.1) is 0 Å². The summed E-state index contributed by atoms with van der Waals surface area (Å²) in [6.45, 7) is 1.75. The normalized spacial score (nSPS) is 18.5. The number of methoxy groups -OCH3 is 1. The van der Waals surface area contributed by atoms with Gasteiger partial charge in [0.25, 0.3) is 0 Å². The van der Waals surface area contributed by atoms with Crippen LogP contribution in [0.25, 0.3) is 0 Å². The fraction of sp³-hybridized carbons (Fsp3) is 0.458. The molecule has 1 aromatic heterocycles. The Morgan fingerprint density at radius 3 is 2.68 bits per heavy atom. The summed E-state index contributed by atoms with van der Waals surface area (Å²) in [5, 5.41) is 23.2. The fourth-order valence-corrected chi connectivity index (χ4v) is 5.09. The van der Waals surface area contributed by atoms with Crippen molar-refractivity contribution >= 4 is 0 Å². The summed E-state index contributed by atoms with van der Waals surface area (Å²) in [5.74, 6) is 1.48. The number of fused-ring (bicyclic) bond motifs is 1. The maximum absolute atomic E-state index is 10.2. The van der Waals surface area contributed by atoms with Gasteiger partial charge in [0.05, 0.1) is 19.2 Å². The first-order valence-electron chi connectivity index (χ1n) is 11.2. The summed E-state index contributed by atoms with van der Waals surface area (Å²) in [6.07, 6.45) is 6.96. The molecule has 0 amide bonds. The van der Waals surface area contributed by atoms with Gasteiger partial charge in [-0.1, -0.05) is 49.6 Å². The highest BCUT2D eigenvalue weighted by atomic mass is 16.5. The summed E-state index contributed by atoms with van der Waals surface area (Å²) in [5.41, 5.74) is 3.79. The molecule has 5 rings (SSSR count). The summed E-state index contributed by atoms with van der Waals surface area (Å²) in [7, 11) is 1.58. The lowest BCUT2D eigenvalue weighted by Gasteiger charge is -2.36. The molecule has 0 unspecified atom stereocenters. The molecule has 1 N–H and O–H groups in total. The van der Waals surface area contributed by atoms with Crippen molar-refractivity contribution in [3.63, 3.8) is 0 Å². The van der Waals surface area contributed by atoms with Crippen molar-refractivity contribution in [3.8, 4) is 11.5 Å². The first-order chi connectivity index (χ1) is 15.2. The van der Waals surface area contributed by atoms with Crippen molar-refractivity contribution in [2.24, 2.45) is 0 Å². The van der Waals surface area contributed by atoms with E-state index in [1.165, 1.54) is 30.4 Å². The van der Waals surface area contributed by atoms with Crippen molar-refractivity contribution in [2.45, 2.75) is 57.2 Å². The van der Waals surface area contributed by atoms with Crippen LogP contribution in [0.3, 0.4) is 0 Å². The Morgan fingerprint density at radius 2 is 1.87 bits per heavy atom. The molecule has 2 aromatic carbocycles. The van der Waals surface area contributed by atoms with Crippen molar-refractivity contribution in [1.82, 2.24) is 25.1 Å². The molecule has 1 atom stereocenters. The van der Waals surface area contributed by atoms with Gasteiger partial charge in [0.2, 0.25) is 0 Å². The quantitative estimate of drug-likeness (QED) is 0.673. The Labute approximate surface area is 182 Å². The third-order valence-electron chi connectivity index (χ3n) is 6.73. The zero-order chi connectivity index (χ0) is 21.2. The van der Waals surface area contributed by atoms with Crippen LogP contribution in [0.4, 0.5) is 0 Å². The highest BCUT2D eigenvalue weighted by molar-refractivity contribution is 5.44. The van der Waals surface area contributed by atoms with Gasteiger partial charge >= 0.3 is 0 Å². The highest BCUT2D eigenvalue weighted by Gasteiger charge is 2.33. The number of benzene rings is 2. The summed E-state index contributed by atoms with van der Waals surface area (Å²) in [4.78, 5) is 2.44. The molecule has 162 valence electrons. The van der Waals surface area contributed by atoms with E-state index in [9.17, 15) is 5.11 Å². The van der Waals surface area contributed by atoms with E-state index in [2.05, 4.69) is 49.4 Å². The van der Waals surface area contributed by atoms with Crippen molar-refractivity contribution in [1.29, 1.82) is 0 Å². The van der Waals surface area contributed by atoms with Crippen LogP contribution in [-0.2, 0) is 13.0 Å². The number of hydrogen-bond donors (Lipinski definition) is 1. The van der Waals surface area contributed by atoms with Gasteiger partial charge in [0.15, 0.2) is 17.3 Å². The molecular weight excluding hydrogens is 390 g/mol. The lowest BCUT2D eigenvalue weighted by Crippen LogP contribution is -2.36. The average molecular weight is 420 g/mol. The van der Waals surface area contributed by atoms with Gasteiger partial charge in [-0.3, -0.25) is 4.90 Å². The van der Waals surface area contributed by atoms with E-state index in [1.807, 2.05) is 12.1 Å². The van der Waals surface area contributed by atoms with Crippen molar-refractivity contribution in [2.75, 3.05) is 13.7 Å². The Balaban J connectivity index is 1.57. The van der Waals surface area contributed by atoms with E-state index < -0.39 is 0 Å². The predicted molar refractivity (Wildman–Crippen MR) is 117 cm³/mol. The van der Waals surface area contributed by atoms with Crippen LogP contribution in [0.1, 0.15) is 66.7 Å². The molecule has 0 spiro atoms. The number of tetrazole rings is 1. The third-order valence-corrected chi connectivity index (χ3v) is 6.73. The van der Waals surface area contributed by atoms with Crippen LogP contribution in [0.15, 0.2) is 42.5 Å². The van der Waals surface area contributed by atoms with Crippen LogP contribution >= 0.6 is 0 Å². The minimum atomic E-state index is -0.111. The number of rotatable bonds is 5. The molecule has 1 saturated carbocycles. The second kappa shape index (κ2) is 8.67. The van der Waals surface area contributed by atoms with Gasteiger partial charge in [-0.15, -0.1) is 5.10 Å². The van der Waals surface area contributed by atoms with Gasteiger partial charge < -0.3 is 9.84 Å². The second-order valence-electron chi connectivity index (χ2n) is 8.60. The number of aromatic hydroxyl groups is 1. The van der Waals surface area contributed by atoms with Crippen molar-refractivity contribution in [3.05, 3.63) is 65.0 Å². The topological polar surface area (TPSA) is 76.3 Å². The van der Waals surface area contributed by atoms with E-state index in [1.54, 1.807) is 13.2 Å². The summed E-state index contributed by atoms with van der Waals surface area (Å²) in [6, 6.07) is 14.5. The van der Waals surface area contributed by atoms with Gasteiger partial charge in [-0.05, 0) is 58.5 Å². The van der Waals surface area contributed by atoms with Crippen LogP contribution in [-0.4, -0.2) is 43.9 Å². The molecule has 2 aliphatic rings. The number of aromatic nitrogens is 4. The Morgan fingerprint density at radius 1 is 1.06 bits per heavy atom. The maximum atomic E-state index is 10.2. The Bertz CT molecular complexity index is 1040. The number of hydrogen-bond acceptors (Lipinski definition) is 6. The second-order valence-corrected chi connectivity index (χ2v) is 8.60. The molecule has 3 aromatic rings. The minimum absolute atomic E-state index is 0.111. The van der Waals surface area contributed by atoms with E-state index in [0.717, 1.165) is 43.7 Å². The standard InChI is InChI=1S/C24H29N5O2/c1-31-22-15-18(11-12-21(22)30)23(28-14-13-17-7-5-6-8-19(17)16-28)24-25-26-27-29(24)20-9-3-2-4-10-20/h5-8,11-12,15,20,23,30H,2-4,9-10,13-14,16H2,1H3/t23-/m0/s1. The van der Waals surface area contributed by atoms with E-state index in [0.29, 0.717) is 11.8 Å². The Kier molecular flexibility index (Phi) is 5.59. The molecule has 1 fully saturated rings. The van der Waals surface area contributed by atoms with E-state index in [4.69, 9.17) is 4.74 Å². The zero-order valence-electron chi connectivity index (χ0n) is 17.9. The van der Waals surface area contributed by atoms with Gasteiger partial charge in [0.1, 0.15) is 0 Å². The van der Waals surface area contributed by atoms with Gasteiger partial charge in [-0.2, -0.15) is 0 Å². The molecule has 1 aliphatic heterocycles. The number of phenols is 1. The number of nitrogens with zero attached hydrogens (tertiary/aromatic N) is 5. The molecular formula is C24H29N5O2. The fourth-order valence-electron chi connectivity index (χ4n) is 5.09. The summed E-state index contributed by atoms with van der Waals surface area (Å²) < 4.78 is 7.48. The maximum Gasteiger partial charge on any atom is 0.173 e. The van der Waals surface area contributed by atoms with Crippen LogP contribution in [0.2, 0.25) is 0 Å². The first-order valence-corrected chi connectivity index (χ1v) is 11.2. The molecule has 2 heterocycles. The average Bonchev–Trinajstić information content (AvgIpc) is 3.30. The zero-order valence-corrected chi connectivity index (χ0v) is 17.9. The molecule has 0 bridgehead atoms. The molecule has 0 radical (unpaired) electrons. The summed E-state index contributed by atoms with van der Waals surface area (Å²) >= 11 is 0. The smallest absolute Gasteiger partial charge is 0.173 e. The third kappa shape index (κ3) is 3.90. The Hall–Kier alpha value is -2.93. The molecule has 31 heavy (non-hydrogen) atoms. The predicted octanol–water partition coefficient (Wildman–Crippen LogP) is 4.04. The SMILES string of the molecule is COc1cc([C@@H](c2nnnn2C2CCCCC2)N2CCc3ccccc3C2)ccc1O. The number of ether oxygens (including phenoxy) is 1. The largest absolute Gasteiger partial charge is 0.504 e. The van der Waals surface area contributed by atoms with E-state index >= 15 is 0 Å². The minimum Gasteiger partial charge on any atom is -0.504 e. The van der Waals surface area contributed by atoms with Gasteiger partial charge in [-0.25, -0.2) is 4.68 Å². The lowest BCUT2D eigenvalue weighted by molar-refractivity contribution is 0.187. The number of phenolic OH excluding ortho intramolecular Hbond substituents is 1. The monoisotopic (exact) mass is 419 g/mol. The molecule has 7 heteroatoms. The molecule has 7 nitrogen and oxygen atoms in total. The molecule has 1 aliphatic carbocycles. The molecule has 0 saturated heterocycles. The highest BCUT2D eigenvalue weighted by Crippen LogP contribution is 2.38. The van der Waals surface area contributed by atoms with Crippen molar-refractivity contribution < 1.29 is 9.84 Å². The van der Waals surface area contributed by atoms with Crippen LogP contribution < -0.4 is 4.74 Å². The van der Waals surface area contributed by atoms with Gasteiger partial charge in [0, 0.05) is 13.1 Å².